The van der Waals surface area contributed by atoms with Gasteiger partial charge in [0.25, 0.3) is 0 Å². The zero-order valence-corrected chi connectivity index (χ0v) is 16.9. The monoisotopic (exact) mass is 411 g/mol. The van der Waals surface area contributed by atoms with Crippen molar-refractivity contribution in [2.24, 2.45) is 0 Å². The molecule has 0 amide bonds. The zero-order chi connectivity index (χ0) is 20.9. The maximum absolute atomic E-state index is 12.2. The molecule has 0 aliphatic heterocycles. The van der Waals surface area contributed by atoms with E-state index >= 15 is 0 Å². The van der Waals surface area contributed by atoms with Crippen molar-refractivity contribution in [2.45, 2.75) is 36.6 Å². The number of benzene rings is 2. The third-order valence-corrected chi connectivity index (χ3v) is 5.30. The lowest BCUT2D eigenvalue weighted by atomic mass is 10.2. The lowest BCUT2D eigenvalue weighted by Crippen LogP contribution is -2.26. The van der Waals surface area contributed by atoms with Crippen LogP contribution in [-0.2, 0) is 22.7 Å². The second-order valence-electron chi connectivity index (χ2n) is 6.91. The van der Waals surface area contributed by atoms with Gasteiger partial charge in [0.1, 0.15) is 17.0 Å². The molecule has 0 saturated carbocycles. The average Bonchev–Trinajstić information content (AvgIpc) is 3.14. The molecule has 1 N–H and O–H groups in total. The van der Waals surface area contributed by atoms with Crippen LogP contribution in [0.5, 0.6) is 0 Å². The van der Waals surface area contributed by atoms with Gasteiger partial charge in [-0.2, -0.15) is 0 Å². The van der Waals surface area contributed by atoms with Gasteiger partial charge < -0.3 is 9.84 Å². The van der Waals surface area contributed by atoms with Crippen molar-refractivity contribution >= 4 is 23.7 Å². The van der Waals surface area contributed by atoms with E-state index in [-0.39, 0.29) is 6.61 Å². The summed E-state index contributed by atoms with van der Waals surface area (Å²) in [5.74, 6) is -1.37. The van der Waals surface area contributed by atoms with E-state index in [9.17, 15) is 14.7 Å². The molecular formula is C21H21N3O4S. The minimum absolute atomic E-state index is 0.0240. The third-order valence-electron chi connectivity index (χ3n) is 4.10. The summed E-state index contributed by atoms with van der Waals surface area (Å²) in [5.41, 5.74) is 2.05. The smallest absolute Gasteiger partial charge is 0.338 e. The Morgan fingerprint density at radius 3 is 2.45 bits per heavy atom. The highest BCUT2D eigenvalue weighted by Gasteiger charge is 2.28. The fraction of sp³-hybridized carbons (Fsp3) is 0.238. The molecule has 7 nitrogen and oxygen atoms in total. The van der Waals surface area contributed by atoms with Gasteiger partial charge in [-0.05, 0) is 43.7 Å². The number of carbonyl (C=O) groups excluding carboxylic acids is 1. The van der Waals surface area contributed by atoms with Crippen molar-refractivity contribution in [3.05, 3.63) is 77.6 Å². The highest BCUT2D eigenvalue weighted by molar-refractivity contribution is 8.01. The highest BCUT2D eigenvalue weighted by Crippen LogP contribution is 2.32. The van der Waals surface area contributed by atoms with Gasteiger partial charge in [-0.15, -0.1) is 16.9 Å². The Morgan fingerprint density at radius 1 is 1.10 bits per heavy atom. The number of esters is 1. The lowest BCUT2D eigenvalue weighted by molar-refractivity contribution is -0.138. The van der Waals surface area contributed by atoms with Crippen molar-refractivity contribution in [1.82, 2.24) is 15.0 Å². The maximum atomic E-state index is 12.2. The molecule has 0 saturated heterocycles. The number of thioether (sulfide) groups is 1. The Kier molecular flexibility index (Phi) is 6.33. The normalized spacial score (nSPS) is 11.2. The average molecular weight is 411 g/mol. The summed E-state index contributed by atoms with van der Waals surface area (Å²) >= 11 is 1.22. The molecule has 0 atom stereocenters. The van der Waals surface area contributed by atoms with Gasteiger partial charge in [-0.3, -0.25) is 4.79 Å². The van der Waals surface area contributed by atoms with Crippen molar-refractivity contribution < 1.29 is 19.4 Å². The molecule has 29 heavy (non-hydrogen) atoms. The van der Waals surface area contributed by atoms with Crippen LogP contribution in [0, 0.1) is 0 Å². The Bertz CT molecular complexity index is 985. The van der Waals surface area contributed by atoms with Crippen LogP contribution < -0.4 is 0 Å². The summed E-state index contributed by atoms with van der Waals surface area (Å²) < 4.78 is 6.04. The second kappa shape index (κ2) is 8.91. The number of hydrogen-bond acceptors (Lipinski definition) is 6. The molecule has 0 radical (unpaired) electrons. The fourth-order valence-electron chi connectivity index (χ4n) is 2.47. The second-order valence-corrected chi connectivity index (χ2v) is 8.61. The van der Waals surface area contributed by atoms with Crippen molar-refractivity contribution in [3.63, 3.8) is 0 Å². The van der Waals surface area contributed by atoms with Gasteiger partial charge in [0.15, 0.2) is 0 Å². The van der Waals surface area contributed by atoms with Crippen molar-refractivity contribution in [2.75, 3.05) is 0 Å². The Hall–Kier alpha value is -3.13. The van der Waals surface area contributed by atoms with Crippen LogP contribution in [-0.4, -0.2) is 36.8 Å². The van der Waals surface area contributed by atoms with Crippen LogP contribution in [0.4, 0.5) is 0 Å². The van der Waals surface area contributed by atoms with Crippen LogP contribution in [0.2, 0.25) is 0 Å². The molecule has 150 valence electrons. The zero-order valence-electron chi connectivity index (χ0n) is 16.1. The summed E-state index contributed by atoms with van der Waals surface area (Å²) in [6, 6.07) is 16.5. The Labute approximate surface area is 172 Å². The van der Waals surface area contributed by atoms with E-state index in [0.717, 1.165) is 10.5 Å². The van der Waals surface area contributed by atoms with Gasteiger partial charge in [-0.25, -0.2) is 9.48 Å². The molecule has 0 fully saturated rings. The number of carboxylic acids is 1. The first kappa shape index (κ1) is 20.6. The first-order chi connectivity index (χ1) is 13.8. The van der Waals surface area contributed by atoms with E-state index in [2.05, 4.69) is 10.3 Å². The minimum atomic E-state index is -0.951. The molecule has 0 unspecified atom stereocenters. The molecule has 0 aliphatic rings. The number of aromatic nitrogens is 3. The molecule has 1 heterocycles. The van der Waals surface area contributed by atoms with Gasteiger partial charge in [0.2, 0.25) is 0 Å². The number of carboxylic acid groups (broad SMARTS) is 1. The van der Waals surface area contributed by atoms with Crippen molar-refractivity contribution in [3.8, 4) is 0 Å². The molecule has 1 aromatic heterocycles. The topological polar surface area (TPSA) is 94.3 Å². The summed E-state index contributed by atoms with van der Waals surface area (Å²) in [6.07, 6.45) is 1.74. The van der Waals surface area contributed by atoms with Crippen LogP contribution >= 0.6 is 11.8 Å². The number of rotatable bonds is 8. The maximum Gasteiger partial charge on any atom is 0.338 e. The lowest BCUT2D eigenvalue weighted by Gasteiger charge is -2.18. The molecule has 2 aromatic carbocycles. The SMILES string of the molecule is CC(C)(Sc1ccc(C(=O)OCc2cn(Cc3ccccc3)nn2)cc1)C(=O)O. The molecule has 8 heteroatoms. The van der Waals surface area contributed by atoms with E-state index in [4.69, 9.17) is 4.74 Å². The quantitative estimate of drug-likeness (QED) is 0.447. The number of carbonyl (C=O) groups is 2. The third kappa shape index (κ3) is 5.68. The van der Waals surface area contributed by atoms with E-state index < -0.39 is 16.7 Å². The first-order valence-electron chi connectivity index (χ1n) is 8.96. The van der Waals surface area contributed by atoms with Crippen LogP contribution in [0.3, 0.4) is 0 Å². The van der Waals surface area contributed by atoms with Gasteiger partial charge >= 0.3 is 11.9 Å². The Balaban J connectivity index is 1.54. The van der Waals surface area contributed by atoms with E-state index in [0.29, 0.717) is 17.8 Å². The Morgan fingerprint density at radius 2 is 1.79 bits per heavy atom. The first-order valence-corrected chi connectivity index (χ1v) is 9.78. The van der Waals surface area contributed by atoms with E-state index in [1.54, 1.807) is 49.0 Å². The predicted molar refractivity (Wildman–Crippen MR) is 109 cm³/mol. The van der Waals surface area contributed by atoms with Crippen LogP contribution in [0.15, 0.2) is 65.7 Å². The fourth-order valence-corrected chi connectivity index (χ4v) is 3.42. The summed E-state index contributed by atoms with van der Waals surface area (Å²) in [5, 5.41) is 17.3. The summed E-state index contributed by atoms with van der Waals surface area (Å²) in [4.78, 5) is 24.2. The molecule has 3 aromatic rings. The minimum Gasteiger partial charge on any atom is -0.480 e. The molecule has 3 rings (SSSR count). The van der Waals surface area contributed by atoms with E-state index in [1.807, 2.05) is 30.3 Å². The van der Waals surface area contributed by atoms with E-state index in [1.165, 1.54) is 11.8 Å². The van der Waals surface area contributed by atoms with Crippen molar-refractivity contribution in [1.29, 1.82) is 0 Å². The molecule has 0 spiro atoms. The molecular weight excluding hydrogens is 390 g/mol. The predicted octanol–water partition coefficient (Wildman–Crippen LogP) is 3.64. The number of aliphatic carboxylic acids is 1. The highest BCUT2D eigenvalue weighted by atomic mass is 32.2. The standard InChI is InChI=1S/C21H21N3O4S/c1-21(2,20(26)27)29-18-10-8-16(9-11-18)19(25)28-14-17-13-24(23-22-17)12-15-6-4-3-5-7-15/h3-11,13H,12,14H2,1-2H3,(H,26,27). The summed E-state index contributed by atoms with van der Waals surface area (Å²) in [7, 11) is 0. The van der Waals surface area contributed by atoms with Gasteiger partial charge in [-0.1, -0.05) is 35.5 Å². The number of nitrogens with zero attached hydrogens (tertiary/aromatic N) is 3. The molecule has 0 bridgehead atoms. The van der Waals surface area contributed by atoms with Crippen LogP contribution in [0.1, 0.15) is 35.5 Å². The van der Waals surface area contributed by atoms with Gasteiger partial charge in [0, 0.05) is 4.90 Å². The van der Waals surface area contributed by atoms with Gasteiger partial charge in [0.05, 0.1) is 18.3 Å². The number of hydrogen-bond donors (Lipinski definition) is 1. The largest absolute Gasteiger partial charge is 0.480 e. The molecule has 0 aliphatic carbocycles. The summed E-state index contributed by atoms with van der Waals surface area (Å²) in [6.45, 7) is 3.88. The number of ether oxygens (including phenoxy) is 1. The van der Waals surface area contributed by atoms with Crippen LogP contribution in [0.25, 0.3) is 0 Å².